The van der Waals surface area contributed by atoms with Gasteiger partial charge < -0.3 is 15.8 Å². The van der Waals surface area contributed by atoms with Gasteiger partial charge in [-0.1, -0.05) is 20.3 Å². The normalized spacial score (nSPS) is 25.6. The molecule has 2 rings (SSSR count). The van der Waals surface area contributed by atoms with Gasteiger partial charge in [-0.3, -0.25) is 0 Å². The van der Waals surface area contributed by atoms with Crippen molar-refractivity contribution in [1.29, 1.82) is 0 Å². The molecule has 0 bridgehead atoms. The second kappa shape index (κ2) is 7.04. The van der Waals surface area contributed by atoms with Crippen molar-refractivity contribution in [3.05, 3.63) is 11.9 Å². The van der Waals surface area contributed by atoms with Crippen LogP contribution in [0.1, 0.15) is 51.5 Å². The summed E-state index contributed by atoms with van der Waals surface area (Å²) in [5.74, 6) is 7.73. The van der Waals surface area contributed by atoms with Gasteiger partial charge >= 0.3 is 0 Å². The summed E-state index contributed by atoms with van der Waals surface area (Å²) >= 11 is 0. The zero-order valence-corrected chi connectivity index (χ0v) is 13.0. The third-order valence-corrected chi connectivity index (χ3v) is 4.50. The third-order valence-electron chi connectivity index (χ3n) is 4.50. The van der Waals surface area contributed by atoms with Crippen molar-refractivity contribution in [3.8, 4) is 0 Å². The van der Waals surface area contributed by atoms with Gasteiger partial charge in [0.2, 0.25) is 0 Å². The Labute approximate surface area is 126 Å². The van der Waals surface area contributed by atoms with E-state index in [4.69, 9.17) is 5.84 Å². The lowest BCUT2D eigenvalue weighted by molar-refractivity contribution is 0.155. The van der Waals surface area contributed by atoms with Gasteiger partial charge in [-0.15, -0.1) is 0 Å². The molecule has 0 atom stereocenters. The predicted octanol–water partition coefficient (Wildman–Crippen LogP) is 2.07. The first-order valence-electron chi connectivity index (χ1n) is 7.83. The molecule has 1 saturated carbocycles. The molecular formula is C15H27N5O. The summed E-state index contributed by atoms with van der Waals surface area (Å²) in [5, 5.41) is 13.4. The maximum absolute atomic E-state index is 9.89. The van der Waals surface area contributed by atoms with Crippen LogP contribution in [0.15, 0.2) is 6.33 Å². The number of hydrogen-bond acceptors (Lipinski definition) is 6. The number of aromatic nitrogens is 2. The average molecular weight is 293 g/mol. The SMILES string of the molecule is CCCc1c(NN)ncnc1NC1(CO)CCC(C)CC1. The molecular weight excluding hydrogens is 266 g/mol. The summed E-state index contributed by atoms with van der Waals surface area (Å²) in [6, 6.07) is 0. The fourth-order valence-corrected chi connectivity index (χ4v) is 3.02. The number of nitrogens with two attached hydrogens (primary N) is 1. The number of nitrogen functional groups attached to an aromatic ring is 1. The standard InChI is InChI=1S/C15H27N5O/c1-3-4-12-13(17-10-18-14(12)20-16)19-15(9-21)7-5-11(2)6-8-15/h10-11,21H,3-9,16H2,1-2H3,(H2,17,18,19,20). The molecule has 0 spiro atoms. The fourth-order valence-electron chi connectivity index (χ4n) is 3.02. The summed E-state index contributed by atoms with van der Waals surface area (Å²) in [7, 11) is 0. The maximum Gasteiger partial charge on any atom is 0.148 e. The van der Waals surface area contributed by atoms with Crippen LogP contribution < -0.4 is 16.6 Å². The lowest BCUT2D eigenvalue weighted by Crippen LogP contribution is -2.45. The monoisotopic (exact) mass is 293 g/mol. The van der Waals surface area contributed by atoms with Crippen LogP contribution in [0.2, 0.25) is 0 Å². The highest BCUT2D eigenvalue weighted by atomic mass is 16.3. The molecule has 0 aliphatic heterocycles. The Hall–Kier alpha value is -1.40. The third kappa shape index (κ3) is 3.63. The van der Waals surface area contributed by atoms with Gasteiger partial charge in [0.05, 0.1) is 12.1 Å². The largest absolute Gasteiger partial charge is 0.394 e. The highest BCUT2D eigenvalue weighted by molar-refractivity contribution is 5.58. The van der Waals surface area contributed by atoms with Gasteiger partial charge in [0, 0.05) is 5.56 Å². The van der Waals surface area contributed by atoms with E-state index < -0.39 is 0 Å². The van der Waals surface area contributed by atoms with Crippen LogP contribution in [-0.4, -0.2) is 27.2 Å². The van der Waals surface area contributed by atoms with Gasteiger partial charge in [-0.05, 0) is 38.0 Å². The Morgan fingerprint density at radius 3 is 2.57 bits per heavy atom. The molecule has 1 heterocycles. The molecule has 0 saturated heterocycles. The highest BCUT2D eigenvalue weighted by Gasteiger charge is 2.34. The second-order valence-electron chi connectivity index (χ2n) is 6.19. The zero-order chi connectivity index (χ0) is 15.3. The Morgan fingerprint density at radius 2 is 2.00 bits per heavy atom. The molecule has 0 amide bonds. The van der Waals surface area contributed by atoms with Crippen molar-refractivity contribution in [2.45, 2.75) is 57.9 Å². The molecule has 0 aromatic carbocycles. The summed E-state index contributed by atoms with van der Waals surface area (Å²) in [6.45, 7) is 4.51. The maximum atomic E-state index is 9.89. The first-order valence-corrected chi connectivity index (χ1v) is 7.83. The molecule has 118 valence electrons. The number of aliphatic hydroxyl groups excluding tert-OH is 1. The van der Waals surface area contributed by atoms with Crippen LogP contribution >= 0.6 is 0 Å². The Kier molecular flexibility index (Phi) is 5.36. The Morgan fingerprint density at radius 1 is 1.33 bits per heavy atom. The number of hydrogen-bond donors (Lipinski definition) is 4. The van der Waals surface area contributed by atoms with Gasteiger partial charge in [0.15, 0.2) is 0 Å². The van der Waals surface area contributed by atoms with Crippen LogP contribution in [0.5, 0.6) is 0 Å². The number of rotatable bonds is 6. The first kappa shape index (κ1) is 16.0. The van der Waals surface area contributed by atoms with Gasteiger partial charge in [0.1, 0.15) is 18.0 Å². The predicted molar refractivity (Wildman–Crippen MR) is 84.9 cm³/mol. The summed E-state index contributed by atoms with van der Waals surface area (Å²) in [4.78, 5) is 8.56. The van der Waals surface area contributed by atoms with Crippen LogP contribution in [0.3, 0.4) is 0 Å². The van der Waals surface area contributed by atoms with Crippen LogP contribution in [0.4, 0.5) is 11.6 Å². The Bertz CT molecular complexity index is 457. The summed E-state index contributed by atoms with van der Waals surface area (Å²) in [6.07, 6.45) is 7.53. The van der Waals surface area contributed by atoms with Crippen LogP contribution in [-0.2, 0) is 6.42 Å². The van der Waals surface area contributed by atoms with E-state index in [1.807, 2.05) is 0 Å². The average Bonchev–Trinajstić information content (AvgIpc) is 2.51. The van der Waals surface area contributed by atoms with Crippen molar-refractivity contribution < 1.29 is 5.11 Å². The van der Waals surface area contributed by atoms with E-state index in [-0.39, 0.29) is 12.1 Å². The topological polar surface area (TPSA) is 96.1 Å². The van der Waals surface area contributed by atoms with Crippen molar-refractivity contribution in [3.63, 3.8) is 0 Å². The molecule has 1 aliphatic rings. The molecule has 1 aliphatic carbocycles. The minimum Gasteiger partial charge on any atom is -0.394 e. The lowest BCUT2D eigenvalue weighted by atomic mass is 9.77. The summed E-state index contributed by atoms with van der Waals surface area (Å²) < 4.78 is 0. The second-order valence-corrected chi connectivity index (χ2v) is 6.19. The minimum atomic E-state index is -0.269. The highest BCUT2D eigenvalue weighted by Crippen LogP contribution is 2.35. The zero-order valence-electron chi connectivity index (χ0n) is 13.0. The molecule has 6 nitrogen and oxygen atoms in total. The molecule has 5 N–H and O–H groups in total. The number of hydrazine groups is 1. The quantitative estimate of drug-likeness (QED) is 0.474. The van der Waals surface area contributed by atoms with Gasteiger partial charge in [-0.2, -0.15) is 0 Å². The van der Waals surface area contributed by atoms with E-state index in [1.54, 1.807) is 0 Å². The molecule has 1 fully saturated rings. The van der Waals surface area contributed by atoms with Crippen molar-refractivity contribution in [2.75, 3.05) is 17.3 Å². The van der Waals surface area contributed by atoms with E-state index in [1.165, 1.54) is 6.33 Å². The van der Waals surface area contributed by atoms with Crippen LogP contribution in [0, 0.1) is 5.92 Å². The minimum absolute atomic E-state index is 0.126. The van der Waals surface area contributed by atoms with E-state index in [9.17, 15) is 5.11 Å². The van der Waals surface area contributed by atoms with Crippen LogP contribution in [0.25, 0.3) is 0 Å². The fraction of sp³-hybridized carbons (Fsp3) is 0.733. The molecule has 1 aromatic heterocycles. The molecule has 0 unspecified atom stereocenters. The molecule has 6 heteroatoms. The molecule has 1 aromatic rings. The number of nitrogens with zero attached hydrogens (tertiary/aromatic N) is 2. The van der Waals surface area contributed by atoms with E-state index >= 15 is 0 Å². The first-order chi connectivity index (χ1) is 10.1. The lowest BCUT2D eigenvalue weighted by Gasteiger charge is -2.39. The Balaban J connectivity index is 2.24. The van der Waals surface area contributed by atoms with Gasteiger partial charge in [0.25, 0.3) is 0 Å². The van der Waals surface area contributed by atoms with E-state index in [2.05, 4.69) is 34.6 Å². The number of aliphatic hydroxyl groups is 1. The number of nitrogens with one attached hydrogen (secondary N) is 2. The van der Waals surface area contributed by atoms with Crippen molar-refractivity contribution in [1.82, 2.24) is 9.97 Å². The molecule has 21 heavy (non-hydrogen) atoms. The molecule has 0 radical (unpaired) electrons. The number of anilines is 2. The van der Waals surface area contributed by atoms with E-state index in [0.29, 0.717) is 5.82 Å². The van der Waals surface area contributed by atoms with Crippen molar-refractivity contribution >= 4 is 11.6 Å². The van der Waals surface area contributed by atoms with Gasteiger partial charge in [-0.25, -0.2) is 15.8 Å². The van der Waals surface area contributed by atoms with E-state index in [0.717, 1.165) is 55.8 Å². The summed E-state index contributed by atoms with van der Waals surface area (Å²) in [5.41, 5.74) is 3.37. The van der Waals surface area contributed by atoms with Crippen molar-refractivity contribution in [2.24, 2.45) is 11.8 Å². The smallest absolute Gasteiger partial charge is 0.148 e.